The Bertz CT molecular complexity index is 523. The molecule has 2 N–H and O–H groups in total. The highest BCUT2D eigenvalue weighted by atomic mass is 19.1. The van der Waals surface area contributed by atoms with Crippen molar-refractivity contribution >= 4 is 5.82 Å². The van der Waals surface area contributed by atoms with Crippen LogP contribution in [0.1, 0.15) is 11.1 Å². The molecule has 0 unspecified atom stereocenters. The summed E-state index contributed by atoms with van der Waals surface area (Å²) >= 11 is 0. The lowest BCUT2D eigenvalue weighted by atomic mass is 10.1. The van der Waals surface area contributed by atoms with E-state index in [2.05, 4.69) is 5.10 Å². The maximum atomic E-state index is 13.3. The van der Waals surface area contributed by atoms with Gasteiger partial charge in [-0.05, 0) is 37.6 Å². The smallest absolute Gasteiger partial charge is 0.124 e. The van der Waals surface area contributed by atoms with E-state index in [0.29, 0.717) is 5.82 Å². The van der Waals surface area contributed by atoms with Crippen LogP contribution in [0.2, 0.25) is 0 Å². The standard InChI is InChI=1S/C12H14FN3/c1-7-4-9(6-10(13)5-7)11-8(2)12(14)16(3)15-11/h4-6H,14H2,1-3H3. The molecule has 1 aromatic heterocycles. The van der Waals surface area contributed by atoms with E-state index in [1.807, 2.05) is 19.9 Å². The van der Waals surface area contributed by atoms with Gasteiger partial charge in [0, 0.05) is 18.2 Å². The van der Waals surface area contributed by atoms with E-state index in [9.17, 15) is 4.39 Å². The zero-order valence-electron chi connectivity index (χ0n) is 9.58. The van der Waals surface area contributed by atoms with Gasteiger partial charge in [0.15, 0.2) is 0 Å². The number of halogens is 1. The van der Waals surface area contributed by atoms with Gasteiger partial charge in [0.25, 0.3) is 0 Å². The summed E-state index contributed by atoms with van der Waals surface area (Å²) in [4.78, 5) is 0. The summed E-state index contributed by atoms with van der Waals surface area (Å²) < 4.78 is 14.9. The zero-order valence-corrected chi connectivity index (χ0v) is 9.58. The molecule has 0 bridgehead atoms. The lowest BCUT2D eigenvalue weighted by Gasteiger charge is -2.01. The van der Waals surface area contributed by atoms with Crippen LogP contribution in [0, 0.1) is 19.7 Å². The molecule has 1 aromatic carbocycles. The largest absolute Gasteiger partial charge is 0.384 e. The van der Waals surface area contributed by atoms with E-state index in [4.69, 9.17) is 5.73 Å². The minimum atomic E-state index is -0.251. The van der Waals surface area contributed by atoms with Gasteiger partial charge in [-0.3, -0.25) is 4.68 Å². The number of nitrogen functional groups attached to an aromatic ring is 1. The fourth-order valence-electron chi connectivity index (χ4n) is 1.79. The Morgan fingerprint density at radius 3 is 2.44 bits per heavy atom. The number of hydrogen-bond acceptors (Lipinski definition) is 2. The number of anilines is 1. The summed E-state index contributed by atoms with van der Waals surface area (Å²) in [6.07, 6.45) is 0. The Balaban J connectivity index is 2.62. The number of aryl methyl sites for hydroxylation is 2. The Morgan fingerprint density at radius 1 is 1.25 bits per heavy atom. The molecule has 0 saturated carbocycles. The van der Waals surface area contributed by atoms with Crippen LogP contribution in [0.5, 0.6) is 0 Å². The first-order chi connectivity index (χ1) is 7.49. The fourth-order valence-corrected chi connectivity index (χ4v) is 1.79. The first-order valence-electron chi connectivity index (χ1n) is 5.05. The van der Waals surface area contributed by atoms with E-state index in [0.717, 1.165) is 22.4 Å². The maximum absolute atomic E-state index is 13.3. The molecule has 4 heteroatoms. The van der Waals surface area contributed by atoms with Gasteiger partial charge in [-0.1, -0.05) is 0 Å². The Hall–Kier alpha value is -1.84. The molecule has 0 saturated heterocycles. The van der Waals surface area contributed by atoms with Gasteiger partial charge in [0.1, 0.15) is 11.6 Å². The van der Waals surface area contributed by atoms with E-state index >= 15 is 0 Å². The van der Waals surface area contributed by atoms with Gasteiger partial charge in [-0.25, -0.2) is 4.39 Å². The van der Waals surface area contributed by atoms with Gasteiger partial charge in [0.2, 0.25) is 0 Å². The van der Waals surface area contributed by atoms with Gasteiger partial charge in [-0.2, -0.15) is 5.10 Å². The van der Waals surface area contributed by atoms with Crippen LogP contribution in [0.3, 0.4) is 0 Å². The van der Waals surface area contributed by atoms with Crippen molar-refractivity contribution in [2.45, 2.75) is 13.8 Å². The number of nitrogens with zero attached hydrogens (tertiary/aromatic N) is 2. The molecule has 3 nitrogen and oxygen atoms in total. The van der Waals surface area contributed by atoms with Crippen molar-refractivity contribution in [2.75, 3.05) is 5.73 Å². The van der Waals surface area contributed by atoms with E-state index in [1.54, 1.807) is 11.7 Å². The molecule has 0 aliphatic rings. The van der Waals surface area contributed by atoms with Crippen molar-refractivity contribution in [3.05, 3.63) is 35.1 Å². The monoisotopic (exact) mass is 219 g/mol. The molecular weight excluding hydrogens is 205 g/mol. The van der Waals surface area contributed by atoms with Crippen molar-refractivity contribution in [3.63, 3.8) is 0 Å². The van der Waals surface area contributed by atoms with Crippen LogP contribution in [-0.4, -0.2) is 9.78 Å². The maximum Gasteiger partial charge on any atom is 0.124 e. The molecule has 16 heavy (non-hydrogen) atoms. The SMILES string of the molecule is Cc1cc(F)cc(-c2nn(C)c(N)c2C)c1. The van der Waals surface area contributed by atoms with Crippen molar-refractivity contribution in [2.24, 2.45) is 7.05 Å². The van der Waals surface area contributed by atoms with Gasteiger partial charge in [0.05, 0.1) is 5.69 Å². The zero-order chi connectivity index (χ0) is 11.9. The number of aromatic nitrogens is 2. The quantitative estimate of drug-likeness (QED) is 0.800. The lowest BCUT2D eigenvalue weighted by molar-refractivity contribution is 0.627. The average Bonchev–Trinajstić information content (AvgIpc) is 2.44. The highest BCUT2D eigenvalue weighted by molar-refractivity contribution is 5.68. The Morgan fingerprint density at radius 2 is 1.94 bits per heavy atom. The molecule has 2 aromatic rings. The topological polar surface area (TPSA) is 43.8 Å². The first kappa shape index (κ1) is 10.7. The van der Waals surface area contributed by atoms with E-state index in [-0.39, 0.29) is 5.82 Å². The summed E-state index contributed by atoms with van der Waals surface area (Å²) in [5.74, 6) is 0.357. The summed E-state index contributed by atoms with van der Waals surface area (Å²) in [5.41, 5.74) is 9.08. The van der Waals surface area contributed by atoms with Crippen LogP contribution in [0.15, 0.2) is 18.2 Å². The highest BCUT2D eigenvalue weighted by Gasteiger charge is 2.12. The third kappa shape index (κ3) is 1.66. The number of hydrogen-bond donors (Lipinski definition) is 1. The minimum Gasteiger partial charge on any atom is -0.384 e. The van der Waals surface area contributed by atoms with Crippen LogP contribution in [0.4, 0.5) is 10.2 Å². The van der Waals surface area contributed by atoms with Gasteiger partial charge >= 0.3 is 0 Å². The molecule has 0 spiro atoms. The molecule has 84 valence electrons. The second-order valence-electron chi connectivity index (χ2n) is 4.00. The van der Waals surface area contributed by atoms with Gasteiger partial charge in [-0.15, -0.1) is 0 Å². The third-order valence-electron chi connectivity index (χ3n) is 2.65. The van der Waals surface area contributed by atoms with E-state index in [1.165, 1.54) is 12.1 Å². The number of rotatable bonds is 1. The Kier molecular flexibility index (Phi) is 2.42. The normalized spacial score (nSPS) is 10.8. The molecule has 0 amide bonds. The lowest BCUT2D eigenvalue weighted by Crippen LogP contribution is -1.97. The third-order valence-corrected chi connectivity index (χ3v) is 2.65. The van der Waals surface area contributed by atoms with Crippen molar-refractivity contribution in [3.8, 4) is 11.3 Å². The Labute approximate surface area is 93.7 Å². The number of nitrogens with two attached hydrogens (primary N) is 1. The predicted molar refractivity (Wildman–Crippen MR) is 62.5 cm³/mol. The van der Waals surface area contributed by atoms with Crippen LogP contribution >= 0.6 is 0 Å². The molecule has 0 radical (unpaired) electrons. The summed E-state index contributed by atoms with van der Waals surface area (Å²) in [6.45, 7) is 3.74. The molecule has 0 aliphatic carbocycles. The predicted octanol–water partition coefficient (Wildman–Crippen LogP) is 2.43. The summed E-state index contributed by atoms with van der Waals surface area (Å²) in [7, 11) is 1.78. The second kappa shape index (κ2) is 3.63. The van der Waals surface area contributed by atoms with E-state index < -0.39 is 0 Å². The molecule has 0 atom stereocenters. The molecular formula is C12H14FN3. The molecule has 0 aliphatic heterocycles. The molecule has 1 heterocycles. The minimum absolute atomic E-state index is 0.251. The van der Waals surface area contributed by atoms with Crippen molar-refractivity contribution in [1.29, 1.82) is 0 Å². The highest BCUT2D eigenvalue weighted by Crippen LogP contribution is 2.26. The fraction of sp³-hybridized carbons (Fsp3) is 0.250. The van der Waals surface area contributed by atoms with Crippen molar-refractivity contribution < 1.29 is 4.39 Å². The first-order valence-corrected chi connectivity index (χ1v) is 5.05. The summed E-state index contributed by atoms with van der Waals surface area (Å²) in [5, 5.41) is 4.29. The molecule has 0 fully saturated rings. The van der Waals surface area contributed by atoms with Crippen LogP contribution in [-0.2, 0) is 7.05 Å². The molecule has 2 rings (SSSR count). The van der Waals surface area contributed by atoms with Crippen LogP contribution in [0.25, 0.3) is 11.3 Å². The average molecular weight is 219 g/mol. The van der Waals surface area contributed by atoms with Crippen LogP contribution < -0.4 is 5.73 Å². The summed E-state index contributed by atoms with van der Waals surface area (Å²) in [6, 6.07) is 4.87. The van der Waals surface area contributed by atoms with Gasteiger partial charge < -0.3 is 5.73 Å². The number of benzene rings is 1. The van der Waals surface area contributed by atoms with Crippen molar-refractivity contribution in [1.82, 2.24) is 9.78 Å². The second-order valence-corrected chi connectivity index (χ2v) is 4.00.